The Kier molecular flexibility index (Phi) is 2.71. The summed E-state index contributed by atoms with van der Waals surface area (Å²) in [6.07, 6.45) is 1.64. The second-order valence-corrected chi connectivity index (χ2v) is 4.83. The lowest BCUT2D eigenvalue weighted by molar-refractivity contribution is -0.128. The summed E-state index contributed by atoms with van der Waals surface area (Å²) in [5, 5.41) is 9.04. The molecule has 2 saturated heterocycles. The van der Waals surface area contributed by atoms with Crippen molar-refractivity contribution in [1.82, 2.24) is 9.80 Å². The third-order valence-electron chi connectivity index (χ3n) is 3.75. The molecule has 1 aromatic rings. The van der Waals surface area contributed by atoms with Crippen molar-refractivity contribution in [2.45, 2.75) is 25.4 Å². The van der Waals surface area contributed by atoms with Crippen LogP contribution in [0.5, 0.6) is 0 Å². The molecule has 1 aromatic carbocycles. The minimum Gasteiger partial charge on any atom is -0.312 e. The van der Waals surface area contributed by atoms with Crippen molar-refractivity contribution in [2.75, 3.05) is 6.54 Å². The number of amides is 3. The highest BCUT2D eigenvalue weighted by Gasteiger charge is 2.47. The van der Waals surface area contributed by atoms with Gasteiger partial charge in [0.15, 0.2) is 0 Å². The molecule has 19 heavy (non-hydrogen) atoms. The van der Waals surface area contributed by atoms with Crippen molar-refractivity contribution < 1.29 is 9.59 Å². The number of carbonyl (C=O) groups is 2. The maximum absolute atomic E-state index is 12.2. The van der Waals surface area contributed by atoms with Crippen molar-refractivity contribution in [3.8, 4) is 6.07 Å². The van der Waals surface area contributed by atoms with Gasteiger partial charge in [0.1, 0.15) is 6.04 Å². The molecule has 0 radical (unpaired) electrons. The van der Waals surface area contributed by atoms with E-state index in [4.69, 9.17) is 5.26 Å². The van der Waals surface area contributed by atoms with Crippen molar-refractivity contribution in [1.29, 1.82) is 5.26 Å². The predicted molar refractivity (Wildman–Crippen MR) is 66.8 cm³/mol. The summed E-state index contributed by atoms with van der Waals surface area (Å²) in [5.41, 5.74) is 1.23. The van der Waals surface area contributed by atoms with Crippen LogP contribution in [0.25, 0.3) is 0 Å². The van der Waals surface area contributed by atoms with E-state index in [1.807, 2.05) is 6.07 Å². The first-order chi connectivity index (χ1) is 9.22. The summed E-state index contributed by atoms with van der Waals surface area (Å²) in [7, 11) is 0. The lowest BCUT2D eigenvalue weighted by atomic mass is 10.1. The number of urea groups is 1. The molecule has 0 saturated carbocycles. The molecular formula is C14H13N3O2. The molecule has 2 aliphatic heterocycles. The van der Waals surface area contributed by atoms with Crippen LogP contribution < -0.4 is 0 Å². The first-order valence-electron chi connectivity index (χ1n) is 6.32. The van der Waals surface area contributed by atoms with Gasteiger partial charge in [0, 0.05) is 6.54 Å². The van der Waals surface area contributed by atoms with Crippen LogP contribution in [0.3, 0.4) is 0 Å². The van der Waals surface area contributed by atoms with Gasteiger partial charge in [-0.2, -0.15) is 5.26 Å². The molecule has 3 rings (SSSR count). The first-order valence-corrected chi connectivity index (χ1v) is 6.32. The van der Waals surface area contributed by atoms with E-state index in [1.165, 1.54) is 4.90 Å². The summed E-state index contributed by atoms with van der Waals surface area (Å²) in [6.45, 7) is 0.847. The minimum absolute atomic E-state index is 0.129. The minimum atomic E-state index is -0.276. The molecule has 5 nitrogen and oxygen atoms in total. The van der Waals surface area contributed by atoms with Gasteiger partial charge in [-0.3, -0.25) is 9.69 Å². The topological polar surface area (TPSA) is 64.4 Å². The van der Waals surface area contributed by atoms with Crippen molar-refractivity contribution in [3.63, 3.8) is 0 Å². The number of imide groups is 1. The summed E-state index contributed by atoms with van der Waals surface area (Å²) >= 11 is 0. The SMILES string of the molecule is N#Cc1ccccc1CN1C(=O)C2CCCN2C1=O. The zero-order valence-electron chi connectivity index (χ0n) is 10.4. The summed E-state index contributed by atoms with van der Waals surface area (Å²) in [5.74, 6) is -0.129. The number of nitriles is 1. The Labute approximate surface area is 111 Å². The summed E-state index contributed by atoms with van der Waals surface area (Å²) in [4.78, 5) is 27.2. The third kappa shape index (κ3) is 1.76. The lowest BCUT2D eigenvalue weighted by Gasteiger charge is -2.16. The number of nitrogens with zero attached hydrogens (tertiary/aromatic N) is 3. The first kappa shape index (κ1) is 11.7. The van der Waals surface area contributed by atoms with Crippen LogP contribution in [-0.2, 0) is 11.3 Å². The molecule has 0 spiro atoms. The normalized spacial score (nSPS) is 21.7. The molecule has 1 atom stereocenters. The predicted octanol–water partition coefficient (Wildman–Crippen LogP) is 1.48. The second-order valence-electron chi connectivity index (χ2n) is 4.83. The highest BCUT2D eigenvalue weighted by Crippen LogP contribution is 2.28. The summed E-state index contributed by atoms with van der Waals surface area (Å²) < 4.78 is 0. The molecule has 2 aliphatic rings. The van der Waals surface area contributed by atoms with Gasteiger partial charge in [-0.25, -0.2) is 4.79 Å². The Bertz CT molecular complexity index is 569. The molecule has 3 amide bonds. The number of carbonyl (C=O) groups excluding carboxylic acids is 2. The average molecular weight is 255 g/mol. The Morgan fingerprint density at radius 1 is 1.32 bits per heavy atom. The number of fused-ring (bicyclic) bond motifs is 1. The van der Waals surface area contributed by atoms with E-state index < -0.39 is 0 Å². The maximum Gasteiger partial charge on any atom is 0.327 e. The molecule has 2 heterocycles. The lowest BCUT2D eigenvalue weighted by Crippen LogP contribution is -2.32. The zero-order valence-corrected chi connectivity index (χ0v) is 10.4. The van der Waals surface area contributed by atoms with E-state index in [9.17, 15) is 9.59 Å². The number of benzene rings is 1. The summed E-state index contributed by atoms with van der Waals surface area (Å²) in [6, 6.07) is 8.64. The maximum atomic E-state index is 12.2. The van der Waals surface area contributed by atoms with Crippen LogP contribution in [0.1, 0.15) is 24.0 Å². The highest BCUT2D eigenvalue weighted by atomic mass is 16.2. The van der Waals surface area contributed by atoms with Crippen LogP contribution >= 0.6 is 0 Å². The van der Waals surface area contributed by atoms with Crippen molar-refractivity contribution in [3.05, 3.63) is 35.4 Å². The van der Waals surface area contributed by atoms with E-state index in [0.29, 0.717) is 17.7 Å². The van der Waals surface area contributed by atoms with Crippen molar-refractivity contribution in [2.24, 2.45) is 0 Å². The smallest absolute Gasteiger partial charge is 0.312 e. The van der Waals surface area contributed by atoms with Gasteiger partial charge in [-0.15, -0.1) is 0 Å². The van der Waals surface area contributed by atoms with E-state index in [2.05, 4.69) is 6.07 Å². The van der Waals surface area contributed by atoms with Crippen LogP contribution in [0.4, 0.5) is 4.79 Å². The molecular weight excluding hydrogens is 242 g/mol. The van der Waals surface area contributed by atoms with Gasteiger partial charge in [-0.05, 0) is 24.5 Å². The fraction of sp³-hybridized carbons (Fsp3) is 0.357. The Hall–Kier alpha value is -2.35. The van der Waals surface area contributed by atoms with Crippen LogP contribution in [0, 0.1) is 11.3 Å². The quantitative estimate of drug-likeness (QED) is 0.752. The van der Waals surface area contributed by atoms with Crippen LogP contribution in [-0.4, -0.2) is 34.3 Å². The molecule has 2 fully saturated rings. The second kappa shape index (κ2) is 4.39. The fourth-order valence-corrected chi connectivity index (χ4v) is 2.76. The van der Waals surface area contributed by atoms with Gasteiger partial charge < -0.3 is 4.90 Å². The molecule has 0 aliphatic carbocycles. The average Bonchev–Trinajstić information content (AvgIpc) is 2.99. The van der Waals surface area contributed by atoms with E-state index in [0.717, 1.165) is 12.8 Å². The molecule has 0 N–H and O–H groups in total. The fourth-order valence-electron chi connectivity index (χ4n) is 2.76. The standard InChI is InChI=1S/C14H13N3O2/c15-8-10-4-1-2-5-11(10)9-17-13(18)12-6-3-7-16(12)14(17)19/h1-2,4-5,12H,3,6-7,9H2. The Morgan fingerprint density at radius 3 is 2.84 bits per heavy atom. The number of rotatable bonds is 2. The van der Waals surface area contributed by atoms with E-state index >= 15 is 0 Å². The van der Waals surface area contributed by atoms with Crippen LogP contribution in [0.2, 0.25) is 0 Å². The van der Waals surface area contributed by atoms with E-state index in [1.54, 1.807) is 23.1 Å². The third-order valence-corrected chi connectivity index (χ3v) is 3.75. The number of hydrogen-bond acceptors (Lipinski definition) is 3. The molecule has 5 heteroatoms. The van der Waals surface area contributed by atoms with E-state index in [-0.39, 0.29) is 24.5 Å². The molecule has 0 aromatic heterocycles. The monoisotopic (exact) mass is 255 g/mol. The molecule has 0 bridgehead atoms. The Balaban J connectivity index is 1.86. The Morgan fingerprint density at radius 2 is 2.11 bits per heavy atom. The molecule has 96 valence electrons. The largest absolute Gasteiger partial charge is 0.327 e. The van der Waals surface area contributed by atoms with Crippen molar-refractivity contribution >= 4 is 11.9 Å². The van der Waals surface area contributed by atoms with Gasteiger partial charge in [-0.1, -0.05) is 18.2 Å². The molecule has 1 unspecified atom stereocenters. The van der Waals surface area contributed by atoms with Gasteiger partial charge >= 0.3 is 6.03 Å². The van der Waals surface area contributed by atoms with Gasteiger partial charge in [0.2, 0.25) is 0 Å². The highest BCUT2D eigenvalue weighted by molar-refractivity contribution is 6.04. The van der Waals surface area contributed by atoms with Crippen LogP contribution in [0.15, 0.2) is 24.3 Å². The van der Waals surface area contributed by atoms with Gasteiger partial charge in [0.05, 0.1) is 18.2 Å². The zero-order chi connectivity index (χ0) is 13.4. The number of hydrogen-bond donors (Lipinski definition) is 0. The van der Waals surface area contributed by atoms with Gasteiger partial charge in [0.25, 0.3) is 5.91 Å².